The van der Waals surface area contributed by atoms with E-state index in [2.05, 4.69) is 12.1 Å². The van der Waals surface area contributed by atoms with Crippen LogP contribution in [0.3, 0.4) is 0 Å². The molecule has 0 amide bonds. The number of carbonyl (C=O) groups excluding carboxylic acids is 3. The van der Waals surface area contributed by atoms with Gasteiger partial charge in [-0.05, 0) is 58.9 Å². The highest BCUT2D eigenvalue weighted by atomic mass is 16.1. The number of hydrogen-bond acceptors (Lipinski definition) is 3. The number of carbonyl (C=O) groups is 3. The van der Waals surface area contributed by atoms with Gasteiger partial charge in [0.25, 0.3) is 0 Å². The Morgan fingerprint density at radius 3 is 2.21 bits per heavy atom. The first-order valence-electron chi connectivity index (χ1n) is 10.2. The molecule has 0 saturated carbocycles. The van der Waals surface area contributed by atoms with Crippen LogP contribution in [0.2, 0.25) is 0 Å². The Kier molecular flexibility index (Phi) is 11.0. The summed E-state index contributed by atoms with van der Waals surface area (Å²) in [6.07, 6.45) is 9.54. The molecule has 0 N–H and O–H groups in total. The van der Waals surface area contributed by atoms with Crippen LogP contribution in [0.15, 0.2) is 54.1 Å². The van der Waals surface area contributed by atoms with Gasteiger partial charge >= 0.3 is 0 Å². The van der Waals surface area contributed by atoms with E-state index in [1.165, 1.54) is 25.0 Å². The lowest BCUT2D eigenvalue weighted by molar-refractivity contribution is -0.134. The quantitative estimate of drug-likeness (QED) is 0.412. The fraction of sp³-hybridized carbons (Fsp3) is 0.480. The van der Waals surface area contributed by atoms with Crippen molar-refractivity contribution in [2.24, 2.45) is 11.8 Å². The Hall–Kier alpha value is -2.29. The van der Waals surface area contributed by atoms with Crippen LogP contribution in [-0.2, 0) is 20.8 Å². The van der Waals surface area contributed by atoms with Crippen molar-refractivity contribution >= 4 is 17.3 Å². The van der Waals surface area contributed by atoms with Crippen LogP contribution >= 0.6 is 0 Å². The second-order valence-electron chi connectivity index (χ2n) is 7.61. The van der Waals surface area contributed by atoms with Gasteiger partial charge in [0.2, 0.25) is 0 Å². The molecule has 0 aliphatic rings. The zero-order valence-electron chi connectivity index (χ0n) is 17.7. The van der Waals surface area contributed by atoms with E-state index in [1.54, 1.807) is 0 Å². The molecule has 0 aromatic heterocycles. The fourth-order valence-electron chi connectivity index (χ4n) is 3.49. The summed E-state index contributed by atoms with van der Waals surface area (Å²) < 4.78 is 0. The van der Waals surface area contributed by atoms with Crippen molar-refractivity contribution in [3.8, 4) is 0 Å². The number of allylic oxidation sites excluding steroid dienone is 4. The Morgan fingerprint density at radius 2 is 1.64 bits per heavy atom. The Bertz CT molecular complexity index is 698. The highest BCUT2D eigenvalue weighted by molar-refractivity contribution is 5.92. The monoisotopic (exact) mass is 382 g/mol. The lowest BCUT2D eigenvalue weighted by Gasteiger charge is -2.24. The molecule has 2 atom stereocenters. The summed E-state index contributed by atoms with van der Waals surface area (Å²) in [7, 11) is 0. The van der Waals surface area contributed by atoms with Crippen molar-refractivity contribution in [3.05, 3.63) is 59.7 Å². The number of rotatable bonds is 13. The van der Waals surface area contributed by atoms with Crippen LogP contribution < -0.4 is 0 Å². The van der Waals surface area contributed by atoms with Crippen LogP contribution in [0.25, 0.3) is 0 Å². The smallest absolute Gasteiger partial charge is 0.136 e. The van der Waals surface area contributed by atoms with Crippen molar-refractivity contribution in [3.63, 3.8) is 0 Å². The molecule has 0 saturated heterocycles. The molecule has 28 heavy (non-hydrogen) atoms. The zero-order valence-corrected chi connectivity index (χ0v) is 17.7. The SMILES string of the molecule is C/C=C\C=C(/C)CCC(C(=O)CCCc1ccccc1)C(CC(C)=O)C(C)=O. The minimum atomic E-state index is -0.503. The van der Waals surface area contributed by atoms with Gasteiger partial charge in [-0.15, -0.1) is 0 Å². The van der Waals surface area contributed by atoms with E-state index in [0.29, 0.717) is 12.8 Å². The molecule has 152 valence electrons. The summed E-state index contributed by atoms with van der Waals surface area (Å²) in [5.41, 5.74) is 2.38. The Morgan fingerprint density at radius 1 is 0.964 bits per heavy atom. The standard InChI is InChI=1S/C25H34O3/c1-5-6-11-19(2)16-17-23(24(21(4)27)18-20(3)26)25(28)15-10-14-22-12-8-7-9-13-22/h5-9,11-13,23-24H,10,14-18H2,1-4H3/b6-5-,19-11+. The molecule has 0 aliphatic heterocycles. The van der Waals surface area contributed by atoms with Crippen LogP contribution in [0.1, 0.15) is 65.4 Å². The van der Waals surface area contributed by atoms with E-state index in [0.717, 1.165) is 19.3 Å². The molecule has 0 fully saturated rings. The van der Waals surface area contributed by atoms with Gasteiger partial charge in [0.05, 0.1) is 0 Å². The highest BCUT2D eigenvalue weighted by Crippen LogP contribution is 2.27. The lowest BCUT2D eigenvalue weighted by atomic mass is 9.78. The van der Waals surface area contributed by atoms with Gasteiger partial charge < -0.3 is 4.79 Å². The van der Waals surface area contributed by atoms with E-state index in [4.69, 9.17) is 0 Å². The van der Waals surface area contributed by atoms with Crippen molar-refractivity contribution in [1.29, 1.82) is 0 Å². The number of hydrogen-bond donors (Lipinski definition) is 0. The van der Waals surface area contributed by atoms with E-state index in [-0.39, 0.29) is 29.7 Å². The van der Waals surface area contributed by atoms with Crippen LogP contribution in [-0.4, -0.2) is 17.3 Å². The van der Waals surface area contributed by atoms with E-state index in [1.807, 2.05) is 50.3 Å². The van der Waals surface area contributed by atoms with Crippen molar-refractivity contribution in [2.45, 2.75) is 66.2 Å². The van der Waals surface area contributed by atoms with Gasteiger partial charge in [-0.3, -0.25) is 9.59 Å². The van der Waals surface area contributed by atoms with Crippen LogP contribution in [0, 0.1) is 11.8 Å². The Labute approximate surface area is 169 Å². The molecule has 0 bridgehead atoms. The summed E-state index contributed by atoms with van der Waals surface area (Å²) >= 11 is 0. The average Bonchev–Trinajstić information content (AvgIpc) is 2.66. The van der Waals surface area contributed by atoms with Crippen LogP contribution in [0.4, 0.5) is 0 Å². The molecule has 0 heterocycles. The molecule has 2 unspecified atom stereocenters. The van der Waals surface area contributed by atoms with Gasteiger partial charge in [-0.1, -0.05) is 54.1 Å². The maximum absolute atomic E-state index is 13.0. The maximum atomic E-state index is 13.0. The lowest BCUT2D eigenvalue weighted by Crippen LogP contribution is -2.30. The van der Waals surface area contributed by atoms with Crippen molar-refractivity contribution in [1.82, 2.24) is 0 Å². The first-order chi connectivity index (χ1) is 13.3. The van der Waals surface area contributed by atoms with Gasteiger partial charge in [-0.25, -0.2) is 0 Å². The maximum Gasteiger partial charge on any atom is 0.136 e. The minimum absolute atomic E-state index is 0.0385. The van der Waals surface area contributed by atoms with E-state index >= 15 is 0 Å². The second kappa shape index (κ2) is 13.0. The third kappa shape index (κ3) is 9.07. The van der Waals surface area contributed by atoms with Crippen LogP contribution in [0.5, 0.6) is 0 Å². The number of Topliss-reactive ketones (excluding diaryl/α,β-unsaturated/α-hetero) is 3. The molecule has 3 nitrogen and oxygen atoms in total. The first-order valence-corrected chi connectivity index (χ1v) is 10.2. The van der Waals surface area contributed by atoms with E-state index < -0.39 is 5.92 Å². The van der Waals surface area contributed by atoms with E-state index in [9.17, 15) is 14.4 Å². The largest absolute Gasteiger partial charge is 0.300 e. The first kappa shape index (κ1) is 23.7. The number of aryl methyl sites for hydroxylation is 1. The third-order valence-corrected chi connectivity index (χ3v) is 5.08. The summed E-state index contributed by atoms with van der Waals surface area (Å²) in [5.74, 6) is -0.881. The van der Waals surface area contributed by atoms with Crippen molar-refractivity contribution < 1.29 is 14.4 Å². The fourth-order valence-corrected chi connectivity index (χ4v) is 3.49. The second-order valence-corrected chi connectivity index (χ2v) is 7.61. The van der Waals surface area contributed by atoms with Gasteiger partial charge in [0.15, 0.2) is 0 Å². The molecule has 0 radical (unpaired) electrons. The zero-order chi connectivity index (χ0) is 20.9. The predicted octanol–water partition coefficient (Wildman–Crippen LogP) is 5.68. The summed E-state index contributed by atoms with van der Waals surface area (Å²) in [6.45, 7) is 6.98. The average molecular weight is 383 g/mol. The number of benzene rings is 1. The highest BCUT2D eigenvalue weighted by Gasteiger charge is 2.31. The van der Waals surface area contributed by atoms with Gasteiger partial charge in [0.1, 0.15) is 17.3 Å². The minimum Gasteiger partial charge on any atom is -0.300 e. The van der Waals surface area contributed by atoms with Gasteiger partial charge in [-0.2, -0.15) is 0 Å². The molecule has 1 rings (SSSR count). The molecule has 1 aromatic rings. The summed E-state index contributed by atoms with van der Waals surface area (Å²) in [6, 6.07) is 10.1. The molecule has 3 heteroatoms. The molecular weight excluding hydrogens is 348 g/mol. The third-order valence-electron chi connectivity index (χ3n) is 5.08. The predicted molar refractivity (Wildman–Crippen MR) is 115 cm³/mol. The molecule has 0 aliphatic carbocycles. The molecular formula is C25H34O3. The summed E-state index contributed by atoms with van der Waals surface area (Å²) in [5, 5.41) is 0. The van der Waals surface area contributed by atoms with Crippen molar-refractivity contribution in [2.75, 3.05) is 0 Å². The molecule has 1 aromatic carbocycles. The van der Waals surface area contributed by atoms with Gasteiger partial charge in [0, 0.05) is 24.7 Å². The topological polar surface area (TPSA) is 51.2 Å². The summed E-state index contributed by atoms with van der Waals surface area (Å²) in [4.78, 5) is 36.9. The molecule has 0 spiro atoms. The Balaban J connectivity index is 2.82. The number of ketones is 3. The normalized spacial score (nSPS) is 14.1.